The molecule has 0 atom stereocenters. The monoisotopic (exact) mass is 361 g/mol. The van der Waals surface area contributed by atoms with Crippen molar-refractivity contribution >= 4 is 39.9 Å². The Hall–Kier alpha value is -0.750. The van der Waals surface area contributed by atoms with Gasteiger partial charge in [-0.25, -0.2) is 4.98 Å². The molecule has 1 aromatic carbocycles. The summed E-state index contributed by atoms with van der Waals surface area (Å²) in [5.74, 6) is 0. The number of aryl methyl sites for hydroxylation is 1. The van der Waals surface area contributed by atoms with E-state index in [1.807, 2.05) is 30.7 Å². The van der Waals surface area contributed by atoms with Crippen LogP contribution in [0.5, 0.6) is 0 Å². The lowest BCUT2D eigenvalue weighted by atomic mass is 10.3. The minimum Gasteiger partial charge on any atom is -0.384 e. The van der Waals surface area contributed by atoms with Crippen LogP contribution in [0.2, 0.25) is 5.02 Å². The maximum atomic E-state index is 5.90. The summed E-state index contributed by atoms with van der Waals surface area (Å²) in [5.41, 5.74) is 1.14. The molecule has 0 aliphatic rings. The van der Waals surface area contributed by atoms with Crippen molar-refractivity contribution in [2.24, 2.45) is 0 Å². The summed E-state index contributed by atoms with van der Waals surface area (Å²) in [5, 5.41) is 4.18. The fraction of sp³-hybridized carbons (Fsp3) is 0.250. The van der Waals surface area contributed by atoms with E-state index in [9.17, 15) is 0 Å². The molecule has 1 heterocycles. The highest BCUT2D eigenvalue weighted by Gasteiger charge is 1.99. The van der Waals surface area contributed by atoms with E-state index in [1.54, 1.807) is 6.20 Å². The molecule has 0 unspecified atom stereocenters. The Morgan fingerprint density at radius 2 is 2.29 bits per heavy atom. The van der Waals surface area contributed by atoms with E-state index in [0.717, 1.165) is 33.8 Å². The molecule has 90 valence electrons. The van der Waals surface area contributed by atoms with E-state index in [-0.39, 0.29) is 0 Å². The Bertz CT molecular complexity index is 471. The first kappa shape index (κ1) is 12.7. The number of hydrogen-bond acceptors (Lipinski definition) is 2. The predicted octanol–water partition coefficient (Wildman–Crippen LogP) is 3.64. The molecule has 0 saturated carbocycles. The summed E-state index contributed by atoms with van der Waals surface area (Å²) in [4.78, 5) is 4.01. The molecule has 0 saturated heterocycles. The summed E-state index contributed by atoms with van der Waals surface area (Å²) < 4.78 is 3.23. The number of nitrogens with one attached hydrogen (secondary N) is 1. The van der Waals surface area contributed by atoms with Gasteiger partial charge in [-0.2, -0.15) is 0 Å². The van der Waals surface area contributed by atoms with Crippen molar-refractivity contribution in [2.75, 3.05) is 11.9 Å². The van der Waals surface area contributed by atoms with E-state index in [4.69, 9.17) is 11.6 Å². The fourth-order valence-corrected chi connectivity index (χ4v) is 2.60. The molecule has 0 bridgehead atoms. The van der Waals surface area contributed by atoms with Crippen LogP contribution in [0.25, 0.3) is 0 Å². The van der Waals surface area contributed by atoms with Crippen LogP contribution in [0, 0.1) is 3.57 Å². The molecule has 5 heteroatoms. The van der Waals surface area contributed by atoms with Gasteiger partial charge in [0.25, 0.3) is 0 Å². The van der Waals surface area contributed by atoms with Crippen molar-refractivity contribution in [2.45, 2.75) is 13.0 Å². The van der Waals surface area contributed by atoms with Crippen LogP contribution in [0.15, 0.2) is 36.9 Å². The van der Waals surface area contributed by atoms with E-state index < -0.39 is 0 Å². The number of imidazole rings is 1. The number of nitrogens with zero attached hydrogens (tertiary/aromatic N) is 2. The second kappa shape index (κ2) is 6.26. The first-order valence-electron chi connectivity index (χ1n) is 5.40. The van der Waals surface area contributed by atoms with Crippen LogP contribution < -0.4 is 5.32 Å². The molecule has 0 amide bonds. The maximum Gasteiger partial charge on any atom is 0.0945 e. The summed E-state index contributed by atoms with van der Waals surface area (Å²) in [7, 11) is 0. The van der Waals surface area contributed by atoms with Crippen LogP contribution in [-0.2, 0) is 6.54 Å². The third-order valence-electron chi connectivity index (χ3n) is 2.40. The van der Waals surface area contributed by atoms with Crippen LogP contribution in [0.1, 0.15) is 6.42 Å². The number of benzene rings is 1. The van der Waals surface area contributed by atoms with Gasteiger partial charge in [0.15, 0.2) is 0 Å². The molecule has 2 aromatic rings. The highest BCUT2D eigenvalue weighted by Crippen LogP contribution is 2.22. The SMILES string of the molecule is Clc1ccc(NCCCn2ccnc2)c(I)c1. The summed E-state index contributed by atoms with van der Waals surface area (Å²) in [6.45, 7) is 1.92. The van der Waals surface area contributed by atoms with Crippen LogP contribution in [-0.4, -0.2) is 16.1 Å². The molecule has 1 aromatic heterocycles. The molecular weight excluding hydrogens is 349 g/mol. The highest BCUT2D eigenvalue weighted by atomic mass is 127. The molecule has 0 spiro atoms. The number of hydrogen-bond donors (Lipinski definition) is 1. The second-order valence-corrected chi connectivity index (χ2v) is 5.30. The molecule has 0 fully saturated rings. The van der Waals surface area contributed by atoms with E-state index in [0.29, 0.717) is 0 Å². The highest BCUT2D eigenvalue weighted by molar-refractivity contribution is 14.1. The minimum atomic E-state index is 0.776. The second-order valence-electron chi connectivity index (χ2n) is 3.71. The number of halogens is 2. The lowest BCUT2D eigenvalue weighted by Gasteiger charge is -2.09. The van der Waals surface area contributed by atoms with Crippen molar-refractivity contribution in [3.8, 4) is 0 Å². The fourth-order valence-electron chi connectivity index (χ4n) is 1.54. The smallest absolute Gasteiger partial charge is 0.0945 e. The van der Waals surface area contributed by atoms with Gasteiger partial charge in [0.05, 0.1) is 6.33 Å². The third kappa shape index (κ3) is 3.89. The first-order chi connectivity index (χ1) is 8.25. The van der Waals surface area contributed by atoms with Gasteiger partial charge in [-0.05, 0) is 47.2 Å². The Morgan fingerprint density at radius 3 is 3.00 bits per heavy atom. The molecule has 2 rings (SSSR count). The van der Waals surface area contributed by atoms with E-state index >= 15 is 0 Å². The molecule has 3 nitrogen and oxygen atoms in total. The molecular formula is C12H13ClIN3. The van der Waals surface area contributed by atoms with Gasteiger partial charge in [-0.3, -0.25) is 0 Å². The molecule has 0 aliphatic carbocycles. The lowest BCUT2D eigenvalue weighted by molar-refractivity contribution is 0.660. The van der Waals surface area contributed by atoms with Crippen molar-refractivity contribution in [1.82, 2.24) is 9.55 Å². The van der Waals surface area contributed by atoms with Gasteiger partial charge in [0, 0.05) is 39.8 Å². The Morgan fingerprint density at radius 1 is 1.41 bits per heavy atom. The summed E-state index contributed by atoms with van der Waals surface area (Å²) in [6, 6.07) is 5.88. The minimum absolute atomic E-state index is 0.776. The standard InChI is InChI=1S/C12H13ClIN3/c13-10-2-3-12(11(14)8-10)16-4-1-6-17-7-5-15-9-17/h2-3,5,7-9,16H,1,4,6H2. The van der Waals surface area contributed by atoms with Crippen LogP contribution in [0.4, 0.5) is 5.69 Å². The zero-order valence-corrected chi connectivity index (χ0v) is 12.1. The number of anilines is 1. The van der Waals surface area contributed by atoms with E-state index in [2.05, 4.69) is 37.5 Å². The average molecular weight is 362 g/mol. The molecule has 17 heavy (non-hydrogen) atoms. The van der Waals surface area contributed by atoms with Gasteiger partial charge in [-0.1, -0.05) is 11.6 Å². The zero-order chi connectivity index (χ0) is 12.1. The van der Waals surface area contributed by atoms with Gasteiger partial charge < -0.3 is 9.88 Å². The topological polar surface area (TPSA) is 29.9 Å². The predicted molar refractivity (Wildman–Crippen MR) is 79.5 cm³/mol. The maximum absolute atomic E-state index is 5.90. The first-order valence-corrected chi connectivity index (χ1v) is 6.86. The largest absolute Gasteiger partial charge is 0.384 e. The molecule has 0 aliphatic heterocycles. The van der Waals surface area contributed by atoms with Gasteiger partial charge >= 0.3 is 0 Å². The quantitative estimate of drug-likeness (QED) is 0.651. The summed E-state index contributed by atoms with van der Waals surface area (Å²) >= 11 is 8.19. The number of aromatic nitrogens is 2. The number of rotatable bonds is 5. The van der Waals surface area contributed by atoms with Crippen molar-refractivity contribution < 1.29 is 0 Å². The van der Waals surface area contributed by atoms with Crippen molar-refractivity contribution in [3.63, 3.8) is 0 Å². The average Bonchev–Trinajstić information content (AvgIpc) is 2.79. The van der Waals surface area contributed by atoms with Gasteiger partial charge in [-0.15, -0.1) is 0 Å². The Balaban J connectivity index is 1.78. The van der Waals surface area contributed by atoms with Crippen LogP contribution in [0.3, 0.4) is 0 Å². The normalized spacial score (nSPS) is 10.5. The zero-order valence-electron chi connectivity index (χ0n) is 9.24. The van der Waals surface area contributed by atoms with Crippen molar-refractivity contribution in [1.29, 1.82) is 0 Å². The van der Waals surface area contributed by atoms with E-state index in [1.165, 1.54) is 0 Å². The Kier molecular flexibility index (Phi) is 4.67. The van der Waals surface area contributed by atoms with Crippen LogP contribution >= 0.6 is 34.2 Å². The molecule has 1 N–H and O–H groups in total. The van der Waals surface area contributed by atoms with Gasteiger partial charge in [0.1, 0.15) is 0 Å². The molecule has 0 radical (unpaired) electrons. The van der Waals surface area contributed by atoms with Crippen molar-refractivity contribution in [3.05, 3.63) is 45.5 Å². The van der Waals surface area contributed by atoms with Gasteiger partial charge in [0.2, 0.25) is 0 Å². The third-order valence-corrected chi connectivity index (χ3v) is 3.53. The summed E-state index contributed by atoms with van der Waals surface area (Å²) in [6.07, 6.45) is 6.68. The lowest BCUT2D eigenvalue weighted by Crippen LogP contribution is -2.06. The Labute approximate surface area is 119 Å².